The molecule has 0 unspecified atom stereocenters. The molecule has 0 N–H and O–H groups in total. The maximum atomic E-state index is 13.2. The van der Waals surface area contributed by atoms with Crippen LogP contribution in [0.4, 0.5) is 9.18 Å². The molecule has 2 amide bonds. The van der Waals surface area contributed by atoms with Gasteiger partial charge in [0.1, 0.15) is 17.3 Å². The first-order valence-electron chi connectivity index (χ1n) is 7.84. The minimum absolute atomic E-state index is 0.0269. The highest BCUT2D eigenvalue weighted by Crippen LogP contribution is 2.36. The number of halogens is 2. The minimum atomic E-state index is -0.482. The lowest BCUT2D eigenvalue weighted by Crippen LogP contribution is -2.27. The summed E-state index contributed by atoms with van der Waals surface area (Å²) >= 11 is 6.83. The first-order valence-corrected chi connectivity index (χ1v) is 9.03. The Hall–Kier alpha value is -2.51. The summed E-state index contributed by atoms with van der Waals surface area (Å²) in [6, 6.07) is 9.00. The van der Waals surface area contributed by atoms with Crippen molar-refractivity contribution in [2.45, 2.75) is 6.54 Å². The van der Waals surface area contributed by atoms with E-state index in [4.69, 9.17) is 21.1 Å². The van der Waals surface area contributed by atoms with Gasteiger partial charge in [-0.1, -0.05) is 17.7 Å². The Morgan fingerprint density at radius 1 is 1.15 bits per heavy atom. The van der Waals surface area contributed by atoms with Crippen molar-refractivity contribution in [1.29, 1.82) is 0 Å². The summed E-state index contributed by atoms with van der Waals surface area (Å²) in [6.07, 6.45) is 1.59. The Labute approximate surface area is 164 Å². The topological polar surface area (TPSA) is 55.8 Å². The van der Waals surface area contributed by atoms with Crippen LogP contribution in [0.5, 0.6) is 11.5 Å². The number of thioether (sulfide) groups is 1. The lowest BCUT2D eigenvalue weighted by Gasteiger charge is -2.13. The van der Waals surface area contributed by atoms with E-state index in [1.807, 2.05) is 0 Å². The summed E-state index contributed by atoms with van der Waals surface area (Å²) in [4.78, 5) is 26.3. The number of benzene rings is 2. The molecule has 1 aliphatic rings. The molecule has 1 heterocycles. The van der Waals surface area contributed by atoms with E-state index in [9.17, 15) is 14.0 Å². The van der Waals surface area contributed by atoms with Crippen molar-refractivity contribution in [1.82, 2.24) is 4.90 Å². The lowest BCUT2D eigenvalue weighted by atomic mass is 10.1. The van der Waals surface area contributed by atoms with Gasteiger partial charge in [0.15, 0.2) is 0 Å². The van der Waals surface area contributed by atoms with Crippen molar-refractivity contribution in [3.05, 3.63) is 63.3 Å². The quantitative estimate of drug-likeness (QED) is 0.670. The zero-order chi connectivity index (χ0) is 19.6. The predicted octanol–water partition coefficient (Wildman–Crippen LogP) is 4.73. The molecule has 1 fully saturated rings. The Morgan fingerprint density at radius 2 is 1.93 bits per heavy atom. The van der Waals surface area contributed by atoms with Crippen molar-refractivity contribution in [2.75, 3.05) is 14.2 Å². The molecule has 140 valence electrons. The van der Waals surface area contributed by atoms with E-state index in [1.165, 1.54) is 19.2 Å². The van der Waals surface area contributed by atoms with Gasteiger partial charge >= 0.3 is 0 Å². The van der Waals surface area contributed by atoms with Gasteiger partial charge in [-0.25, -0.2) is 4.39 Å². The Balaban J connectivity index is 1.86. The minimum Gasteiger partial charge on any atom is -0.497 e. The normalized spacial score (nSPS) is 15.6. The third-order valence-electron chi connectivity index (χ3n) is 3.94. The molecular formula is C19H15ClFNO4S. The van der Waals surface area contributed by atoms with E-state index in [0.717, 1.165) is 22.7 Å². The number of nitrogens with zero attached hydrogens (tertiary/aromatic N) is 1. The van der Waals surface area contributed by atoms with Gasteiger partial charge in [0.05, 0.1) is 25.7 Å². The molecule has 2 aromatic carbocycles. The zero-order valence-corrected chi connectivity index (χ0v) is 16.1. The van der Waals surface area contributed by atoms with Crippen molar-refractivity contribution in [2.24, 2.45) is 0 Å². The SMILES string of the molecule is COc1ccc(/C=C2/SC(=O)N(Cc3ccc(F)cc3Cl)C2=O)c(OC)c1. The van der Waals surface area contributed by atoms with Gasteiger partial charge < -0.3 is 9.47 Å². The smallest absolute Gasteiger partial charge is 0.293 e. The van der Waals surface area contributed by atoms with Crippen LogP contribution >= 0.6 is 23.4 Å². The van der Waals surface area contributed by atoms with Crippen LogP contribution in [-0.2, 0) is 11.3 Å². The van der Waals surface area contributed by atoms with Crippen LogP contribution in [0.2, 0.25) is 5.02 Å². The van der Waals surface area contributed by atoms with Gasteiger partial charge in [-0.05, 0) is 47.7 Å². The summed E-state index contributed by atoms with van der Waals surface area (Å²) in [6.45, 7) is -0.0269. The van der Waals surface area contributed by atoms with Gasteiger partial charge in [-0.15, -0.1) is 0 Å². The summed E-state index contributed by atoms with van der Waals surface area (Å²) in [5.74, 6) is 0.207. The fraction of sp³-hybridized carbons (Fsp3) is 0.158. The number of ether oxygens (including phenoxy) is 2. The molecule has 1 saturated heterocycles. The second kappa shape index (κ2) is 8.02. The van der Waals surface area contributed by atoms with Crippen molar-refractivity contribution in [3.8, 4) is 11.5 Å². The maximum Gasteiger partial charge on any atom is 0.293 e. The number of hydrogen-bond acceptors (Lipinski definition) is 5. The number of carbonyl (C=O) groups excluding carboxylic acids is 2. The zero-order valence-electron chi connectivity index (χ0n) is 14.5. The second-order valence-corrected chi connectivity index (χ2v) is 7.01. The van der Waals surface area contributed by atoms with Crippen LogP contribution in [0.1, 0.15) is 11.1 Å². The molecule has 27 heavy (non-hydrogen) atoms. The van der Waals surface area contributed by atoms with E-state index in [-0.39, 0.29) is 16.5 Å². The fourth-order valence-electron chi connectivity index (χ4n) is 2.54. The van der Waals surface area contributed by atoms with Crippen LogP contribution in [-0.4, -0.2) is 30.3 Å². The number of methoxy groups -OCH3 is 2. The Kier molecular flexibility index (Phi) is 5.72. The van der Waals surface area contributed by atoms with Gasteiger partial charge in [0.2, 0.25) is 0 Å². The highest BCUT2D eigenvalue weighted by atomic mass is 35.5. The molecule has 0 saturated carbocycles. The van der Waals surface area contributed by atoms with Gasteiger partial charge in [0, 0.05) is 16.7 Å². The maximum absolute atomic E-state index is 13.2. The molecular weight excluding hydrogens is 393 g/mol. The van der Waals surface area contributed by atoms with E-state index in [2.05, 4.69) is 0 Å². The van der Waals surface area contributed by atoms with E-state index < -0.39 is 17.0 Å². The van der Waals surface area contributed by atoms with Crippen molar-refractivity contribution in [3.63, 3.8) is 0 Å². The van der Waals surface area contributed by atoms with Crippen LogP contribution in [0.3, 0.4) is 0 Å². The Morgan fingerprint density at radius 3 is 2.59 bits per heavy atom. The van der Waals surface area contributed by atoms with Gasteiger partial charge in [-0.3, -0.25) is 14.5 Å². The average Bonchev–Trinajstić information content (AvgIpc) is 2.91. The van der Waals surface area contributed by atoms with Crippen molar-refractivity contribution >= 4 is 40.6 Å². The molecule has 3 rings (SSSR count). The van der Waals surface area contributed by atoms with E-state index >= 15 is 0 Å². The number of rotatable bonds is 5. The molecule has 0 atom stereocenters. The predicted molar refractivity (Wildman–Crippen MR) is 102 cm³/mol. The molecule has 0 aliphatic carbocycles. The largest absolute Gasteiger partial charge is 0.497 e. The van der Waals surface area contributed by atoms with Crippen LogP contribution < -0.4 is 9.47 Å². The highest BCUT2D eigenvalue weighted by Gasteiger charge is 2.35. The van der Waals surface area contributed by atoms with Crippen molar-refractivity contribution < 1.29 is 23.5 Å². The monoisotopic (exact) mass is 407 g/mol. The average molecular weight is 408 g/mol. The number of amides is 2. The van der Waals surface area contributed by atoms with Crippen LogP contribution in [0.25, 0.3) is 6.08 Å². The van der Waals surface area contributed by atoms with Crippen LogP contribution in [0.15, 0.2) is 41.3 Å². The first-order chi connectivity index (χ1) is 12.9. The summed E-state index contributed by atoms with van der Waals surface area (Å²) < 4.78 is 23.6. The molecule has 0 radical (unpaired) electrons. The molecule has 1 aliphatic heterocycles. The molecule has 0 spiro atoms. The lowest BCUT2D eigenvalue weighted by molar-refractivity contribution is -0.123. The summed E-state index contributed by atoms with van der Waals surface area (Å²) in [7, 11) is 3.05. The third kappa shape index (κ3) is 4.09. The van der Waals surface area contributed by atoms with Gasteiger partial charge in [-0.2, -0.15) is 0 Å². The second-order valence-electron chi connectivity index (χ2n) is 5.61. The van der Waals surface area contributed by atoms with Crippen LogP contribution in [0, 0.1) is 5.82 Å². The molecule has 2 aromatic rings. The van der Waals surface area contributed by atoms with Gasteiger partial charge in [0.25, 0.3) is 11.1 Å². The highest BCUT2D eigenvalue weighted by molar-refractivity contribution is 8.18. The summed E-state index contributed by atoms with van der Waals surface area (Å²) in [5, 5.41) is -0.256. The molecule has 0 aromatic heterocycles. The number of hydrogen-bond donors (Lipinski definition) is 0. The Bertz CT molecular complexity index is 947. The van der Waals surface area contributed by atoms with E-state index in [0.29, 0.717) is 22.6 Å². The van der Waals surface area contributed by atoms with E-state index in [1.54, 1.807) is 31.4 Å². The fourth-order valence-corrected chi connectivity index (χ4v) is 3.59. The molecule has 0 bridgehead atoms. The number of carbonyl (C=O) groups is 2. The molecule has 5 nitrogen and oxygen atoms in total. The molecule has 8 heteroatoms. The summed E-state index contributed by atoms with van der Waals surface area (Å²) in [5.41, 5.74) is 1.13. The number of imide groups is 1. The first kappa shape index (κ1) is 19.3. The standard InChI is InChI=1S/C19H15ClFNO4S/c1-25-14-6-4-11(16(9-14)26-2)7-17-18(23)22(19(24)27-17)10-12-3-5-13(21)8-15(12)20/h3-9H,10H2,1-2H3/b17-7+. The third-order valence-corrected chi connectivity index (χ3v) is 5.20.